The number of morpholine rings is 1. The quantitative estimate of drug-likeness (QED) is 0.832. The third-order valence-corrected chi connectivity index (χ3v) is 3.39. The number of halogens is 1. The summed E-state index contributed by atoms with van der Waals surface area (Å²) < 4.78 is 18.5. The van der Waals surface area contributed by atoms with E-state index in [1.54, 1.807) is 12.1 Å². The smallest absolute Gasteiger partial charge is 0.223 e. The Hall–Kier alpha value is -1.42. The zero-order valence-corrected chi connectivity index (χ0v) is 12.4. The lowest BCUT2D eigenvalue weighted by atomic mass is 9.91. The summed E-state index contributed by atoms with van der Waals surface area (Å²) in [5, 5.41) is 0. The number of carbonyl (C=O) groups excluding carboxylic acids is 1. The average Bonchev–Trinajstić information content (AvgIpc) is 2.38. The molecule has 2 rings (SSSR count). The number of nitrogens with zero attached hydrogens (tertiary/aromatic N) is 1. The molecule has 1 aromatic carbocycles. The fourth-order valence-corrected chi connectivity index (χ4v) is 2.42. The highest BCUT2D eigenvalue weighted by Crippen LogP contribution is 2.28. The number of benzene rings is 1. The summed E-state index contributed by atoms with van der Waals surface area (Å²) in [6.07, 6.45) is 0.505. The second kappa shape index (κ2) is 5.92. The van der Waals surface area contributed by atoms with Crippen LogP contribution in [0.3, 0.4) is 0 Å². The molecule has 4 heteroatoms. The lowest BCUT2D eigenvalue weighted by molar-refractivity contribution is -0.142. The zero-order chi connectivity index (χ0) is 14.8. The minimum atomic E-state index is -0.266. The SMILES string of the molecule is CC(C)(C)CC(=O)N1CCOCC1c1ccc(F)cc1. The van der Waals surface area contributed by atoms with Crippen LogP contribution < -0.4 is 0 Å². The highest BCUT2D eigenvalue weighted by atomic mass is 19.1. The van der Waals surface area contributed by atoms with Crippen molar-refractivity contribution in [3.05, 3.63) is 35.6 Å². The Morgan fingerprint density at radius 1 is 1.35 bits per heavy atom. The highest BCUT2D eigenvalue weighted by Gasteiger charge is 2.30. The Balaban J connectivity index is 2.16. The first-order valence-electron chi connectivity index (χ1n) is 6.99. The van der Waals surface area contributed by atoms with Crippen LogP contribution in [0.5, 0.6) is 0 Å². The van der Waals surface area contributed by atoms with E-state index in [0.29, 0.717) is 26.2 Å². The van der Waals surface area contributed by atoms with Gasteiger partial charge in [-0.15, -0.1) is 0 Å². The molecule has 0 aliphatic carbocycles. The number of hydrogen-bond acceptors (Lipinski definition) is 2. The Labute approximate surface area is 119 Å². The van der Waals surface area contributed by atoms with E-state index in [1.165, 1.54) is 12.1 Å². The maximum atomic E-state index is 13.0. The van der Waals surface area contributed by atoms with Gasteiger partial charge in [0.05, 0.1) is 19.3 Å². The summed E-state index contributed by atoms with van der Waals surface area (Å²) in [7, 11) is 0. The maximum Gasteiger partial charge on any atom is 0.223 e. The maximum absolute atomic E-state index is 13.0. The van der Waals surface area contributed by atoms with Crippen molar-refractivity contribution >= 4 is 5.91 Å². The van der Waals surface area contributed by atoms with Crippen LogP contribution in [-0.2, 0) is 9.53 Å². The van der Waals surface area contributed by atoms with Crippen LogP contribution in [0.2, 0.25) is 0 Å². The standard InChI is InChI=1S/C16H22FNO2/c1-16(2,3)10-15(19)18-8-9-20-11-14(18)12-4-6-13(17)7-5-12/h4-7,14H,8-11H2,1-3H3. The first kappa shape index (κ1) is 15.0. The third-order valence-electron chi connectivity index (χ3n) is 3.39. The predicted molar refractivity (Wildman–Crippen MR) is 75.7 cm³/mol. The van der Waals surface area contributed by atoms with Gasteiger partial charge in [0.1, 0.15) is 5.82 Å². The van der Waals surface area contributed by atoms with E-state index >= 15 is 0 Å². The van der Waals surface area contributed by atoms with Gasteiger partial charge in [0.25, 0.3) is 0 Å². The molecular weight excluding hydrogens is 257 g/mol. The summed E-state index contributed by atoms with van der Waals surface area (Å²) in [6, 6.07) is 6.20. The number of hydrogen-bond donors (Lipinski definition) is 0. The van der Waals surface area contributed by atoms with E-state index in [-0.39, 0.29) is 23.2 Å². The van der Waals surface area contributed by atoms with Gasteiger partial charge in [-0.25, -0.2) is 4.39 Å². The molecule has 1 saturated heterocycles. The molecule has 1 aliphatic heterocycles. The van der Waals surface area contributed by atoms with E-state index in [2.05, 4.69) is 20.8 Å². The largest absolute Gasteiger partial charge is 0.377 e. The Bertz CT molecular complexity index is 464. The molecule has 1 amide bonds. The first-order valence-corrected chi connectivity index (χ1v) is 6.99. The topological polar surface area (TPSA) is 29.5 Å². The molecule has 1 atom stereocenters. The first-order chi connectivity index (χ1) is 9.37. The number of ether oxygens (including phenoxy) is 1. The molecule has 0 aromatic heterocycles. The van der Waals surface area contributed by atoms with E-state index < -0.39 is 0 Å². The zero-order valence-electron chi connectivity index (χ0n) is 12.4. The van der Waals surface area contributed by atoms with Gasteiger partial charge in [0.2, 0.25) is 5.91 Å². The van der Waals surface area contributed by atoms with Crippen molar-refractivity contribution < 1.29 is 13.9 Å². The van der Waals surface area contributed by atoms with Gasteiger partial charge < -0.3 is 9.64 Å². The second-order valence-electron chi connectivity index (χ2n) is 6.47. The molecule has 20 heavy (non-hydrogen) atoms. The normalized spacial score (nSPS) is 20.0. The Morgan fingerprint density at radius 3 is 2.60 bits per heavy atom. The molecule has 1 aromatic rings. The van der Waals surface area contributed by atoms with Gasteiger partial charge in [0, 0.05) is 13.0 Å². The van der Waals surface area contributed by atoms with Crippen molar-refractivity contribution in [2.75, 3.05) is 19.8 Å². The fourth-order valence-electron chi connectivity index (χ4n) is 2.42. The molecule has 1 unspecified atom stereocenters. The highest BCUT2D eigenvalue weighted by molar-refractivity contribution is 5.77. The molecule has 0 saturated carbocycles. The van der Waals surface area contributed by atoms with Gasteiger partial charge in [-0.05, 0) is 23.1 Å². The van der Waals surface area contributed by atoms with Crippen molar-refractivity contribution in [1.82, 2.24) is 4.90 Å². The second-order valence-corrected chi connectivity index (χ2v) is 6.47. The van der Waals surface area contributed by atoms with E-state index in [4.69, 9.17) is 4.74 Å². The molecular formula is C16H22FNO2. The van der Waals surface area contributed by atoms with Crippen LogP contribution in [0.25, 0.3) is 0 Å². The van der Waals surface area contributed by atoms with Crippen LogP contribution in [0.1, 0.15) is 38.8 Å². The minimum absolute atomic E-state index is 0.0390. The summed E-state index contributed by atoms with van der Waals surface area (Å²) in [4.78, 5) is 14.3. The molecule has 0 radical (unpaired) electrons. The number of amides is 1. The van der Waals surface area contributed by atoms with Crippen molar-refractivity contribution in [3.8, 4) is 0 Å². The molecule has 0 spiro atoms. The Morgan fingerprint density at radius 2 is 2.00 bits per heavy atom. The molecule has 1 heterocycles. The van der Waals surface area contributed by atoms with E-state index in [0.717, 1.165) is 5.56 Å². The molecule has 1 aliphatic rings. The van der Waals surface area contributed by atoms with Crippen molar-refractivity contribution in [1.29, 1.82) is 0 Å². The van der Waals surface area contributed by atoms with Crippen molar-refractivity contribution in [2.45, 2.75) is 33.2 Å². The van der Waals surface area contributed by atoms with Gasteiger partial charge in [-0.1, -0.05) is 32.9 Å². The van der Waals surface area contributed by atoms with Crippen LogP contribution in [0.4, 0.5) is 4.39 Å². The number of carbonyl (C=O) groups is 1. The molecule has 0 bridgehead atoms. The van der Waals surface area contributed by atoms with Gasteiger partial charge in [-0.2, -0.15) is 0 Å². The third kappa shape index (κ3) is 3.79. The average molecular weight is 279 g/mol. The van der Waals surface area contributed by atoms with Gasteiger partial charge >= 0.3 is 0 Å². The van der Waals surface area contributed by atoms with Crippen LogP contribution in [0.15, 0.2) is 24.3 Å². The van der Waals surface area contributed by atoms with E-state index in [1.807, 2.05) is 4.90 Å². The summed E-state index contributed by atoms with van der Waals surface area (Å²) >= 11 is 0. The minimum Gasteiger partial charge on any atom is -0.377 e. The monoisotopic (exact) mass is 279 g/mol. The van der Waals surface area contributed by atoms with Crippen LogP contribution in [0, 0.1) is 11.2 Å². The van der Waals surface area contributed by atoms with Crippen molar-refractivity contribution in [3.63, 3.8) is 0 Å². The molecule has 0 N–H and O–H groups in total. The fraction of sp³-hybridized carbons (Fsp3) is 0.562. The van der Waals surface area contributed by atoms with Gasteiger partial charge in [-0.3, -0.25) is 4.79 Å². The Kier molecular flexibility index (Phi) is 4.43. The summed E-state index contributed by atoms with van der Waals surface area (Å²) in [5.41, 5.74) is 0.885. The predicted octanol–water partition coefficient (Wildman–Crippen LogP) is 3.16. The van der Waals surface area contributed by atoms with Crippen LogP contribution in [-0.4, -0.2) is 30.6 Å². The van der Waals surface area contributed by atoms with E-state index in [9.17, 15) is 9.18 Å². The van der Waals surface area contributed by atoms with Gasteiger partial charge in [0.15, 0.2) is 0 Å². The summed E-state index contributed by atoms with van der Waals surface area (Å²) in [6.45, 7) is 7.79. The van der Waals surface area contributed by atoms with Crippen molar-refractivity contribution in [2.24, 2.45) is 5.41 Å². The van der Waals surface area contributed by atoms with Crippen LogP contribution >= 0.6 is 0 Å². The molecule has 1 fully saturated rings. The molecule has 110 valence electrons. The number of rotatable bonds is 2. The molecule has 3 nitrogen and oxygen atoms in total. The summed E-state index contributed by atoms with van der Waals surface area (Å²) in [5.74, 6) is -0.131. The lowest BCUT2D eigenvalue weighted by Gasteiger charge is -2.37. The lowest BCUT2D eigenvalue weighted by Crippen LogP contribution is -2.44.